The lowest BCUT2D eigenvalue weighted by Gasteiger charge is -2.19. The average Bonchev–Trinajstić information content (AvgIpc) is 2.30. The zero-order chi connectivity index (χ0) is 10.3. The van der Waals surface area contributed by atoms with E-state index in [2.05, 4.69) is 36.5 Å². The second-order valence-electron chi connectivity index (χ2n) is 4.11. The van der Waals surface area contributed by atoms with Gasteiger partial charge < -0.3 is 5.32 Å². The molecule has 2 heterocycles. The Morgan fingerprint density at radius 3 is 2.76 bits per heavy atom. The summed E-state index contributed by atoms with van der Waals surface area (Å²) in [5.74, 6) is 0. The highest BCUT2D eigenvalue weighted by Crippen LogP contribution is 2.24. The van der Waals surface area contributed by atoms with Crippen LogP contribution >= 0.6 is 24.8 Å². The van der Waals surface area contributed by atoms with Crippen LogP contribution in [0.3, 0.4) is 0 Å². The van der Waals surface area contributed by atoms with Gasteiger partial charge in [-0.3, -0.25) is 4.98 Å². The van der Waals surface area contributed by atoms with Gasteiger partial charge in [-0.05, 0) is 24.1 Å². The van der Waals surface area contributed by atoms with E-state index in [9.17, 15) is 0 Å². The van der Waals surface area contributed by atoms with Crippen LogP contribution in [0.25, 0.3) is 10.9 Å². The lowest BCUT2D eigenvalue weighted by atomic mass is 9.98. The van der Waals surface area contributed by atoms with Crippen molar-refractivity contribution in [3.63, 3.8) is 0 Å². The first kappa shape index (κ1) is 14.2. The molecule has 92 valence electrons. The molecule has 0 radical (unpaired) electrons. The van der Waals surface area contributed by atoms with Gasteiger partial charge in [-0.1, -0.05) is 18.2 Å². The monoisotopic (exact) mass is 270 g/mol. The molecule has 0 spiro atoms. The number of nitrogens with zero attached hydrogens (tertiary/aromatic N) is 1. The van der Waals surface area contributed by atoms with E-state index in [0.29, 0.717) is 0 Å². The first-order valence-electron chi connectivity index (χ1n) is 5.44. The molecule has 1 N–H and O–H groups in total. The van der Waals surface area contributed by atoms with Crippen molar-refractivity contribution in [3.8, 4) is 0 Å². The summed E-state index contributed by atoms with van der Waals surface area (Å²) in [5, 5.41) is 4.70. The summed E-state index contributed by atoms with van der Waals surface area (Å²) < 4.78 is 0. The Labute approximate surface area is 114 Å². The number of halogens is 2. The molecule has 0 saturated carbocycles. The van der Waals surface area contributed by atoms with Crippen LogP contribution in [-0.2, 0) is 13.0 Å². The van der Waals surface area contributed by atoms with Crippen molar-refractivity contribution in [3.05, 3.63) is 41.1 Å². The van der Waals surface area contributed by atoms with E-state index in [4.69, 9.17) is 4.98 Å². The zero-order valence-corrected chi connectivity index (χ0v) is 11.3. The molecule has 1 aromatic carbocycles. The Balaban J connectivity index is 0.000000722. The van der Waals surface area contributed by atoms with Crippen LogP contribution < -0.4 is 5.32 Å². The maximum Gasteiger partial charge on any atom is 0.0708 e. The second-order valence-corrected chi connectivity index (χ2v) is 4.11. The molecule has 0 atom stereocenters. The fourth-order valence-corrected chi connectivity index (χ4v) is 2.34. The quantitative estimate of drug-likeness (QED) is 0.796. The van der Waals surface area contributed by atoms with E-state index in [0.717, 1.165) is 25.0 Å². The third kappa shape index (κ3) is 2.39. The van der Waals surface area contributed by atoms with Crippen molar-refractivity contribution in [1.82, 2.24) is 10.3 Å². The van der Waals surface area contributed by atoms with Crippen molar-refractivity contribution in [2.24, 2.45) is 0 Å². The Morgan fingerprint density at radius 1 is 1.18 bits per heavy atom. The summed E-state index contributed by atoms with van der Waals surface area (Å²) in [4.78, 5) is 4.74. The van der Waals surface area contributed by atoms with Crippen LogP contribution in [0.2, 0.25) is 0 Å². The fourth-order valence-electron chi connectivity index (χ4n) is 2.34. The van der Waals surface area contributed by atoms with Gasteiger partial charge in [-0.15, -0.1) is 24.8 Å². The first-order valence-corrected chi connectivity index (χ1v) is 5.44. The number of hydrogen-bond donors (Lipinski definition) is 1. The molecule has 2 nitrogen and oxygen atoms in total. The number of aromatic nitrogens is 1. The number of nitrogens with one attached hydrogen (secondary N) is 1. The molecule has 17 heavy (non-hydrogen) atoms. The van der Waals surface area contributed by atoms with Gasteiger partial charge >= 0.3 is 0 Å². The first-order chi connectivity index (χ1) is 7.36. The van der Waals surface area contributed by atoms with Gasteiger partial charge in [0.05, 0.1) is 5.52 Å². The summed E-state index contributed by atoms with van der Waals surface area (Å²) in [5.41, 5.74) is 5.21. The zero-order valence-electron chi connectivity index (χ0n) is 9.69. The largest absolute Gasteiger partial charge is 0.312 e. The molecular weight excluding hydrogens is 255 g/mol. The lowest BCUT2D eigenvalue weighted by molar-refractivity contribution is 0.630. The van der Waals surface area contributed by atoms with Crippen molar-refractivity contribution < 1.29 is 0 Å². The van der Waals surface area contributed by atoms with Crippen LogP contribution in [0, 0.1) is 6.92 Å². The van der Waals surface area contributed by atoms with Crippen molar-refractivity contribution in [1.29, 1.82) is 0 Å². The normalized spacial score (nSPS) is 13.5. The van der Waals surface area contributed by atoms with E-state index in [-0.39, 0.29) is 24.8 Å². The number of fused-ring (bicyclic) bond motifs is 2. The molecule has 4 heteroatoms. The summed E-state index contributed by atoms with van der Waals surface area (Å²) >= 11 is 0. The molecule has 2 aromatic rings. The van der Waals surface area contributed by atoms with Gasteiger partial charge in [-0.2, -0.15) is 0 Å². The minimum atomic E-state index is 0. The minimum Gasteiger partial charge on any atom is -0.312 e. The number of rotatable bonds is 0. The second kappa shape index (κ2) is 5.67. The summed E-state index contributed by atoms with van der Waals surface area (Å²) in [6, 6.07) is 8.40. The highest BCUT2D eigenvalue weighted by molar-refractivity contribution is 5.85. The van der Waals surface area contributed by atoms with E-state index in [1.807, 2.05) is 0 Å². The number of benzene rings is 1. The maximum absolute atomic E-state index is 4.74. The third-order valence-electron chi connectivity index (χ3n) is 3.20. The van der Waals surface area contributed by atoms with Crippen molar-refractivity contribution in [2.75, 3.05) is 6.54 Å². The smallest absolute Gasteiger partial charge is 0.0708 e. The van der Waals surface area contributed by atoms with Gasteiger partial charge in [-0.25, -0.2) is 0 Å². The molecule has 0 bridgehead atoms. The van der Waals surface area contributed by atoms with Crippen LogP contribution in [0.15, 0.2) is 24.3 Å². The van der Waals surface area contributed by atoms with Crippen LogP contribution in [-0.4, -0.2) is 11.5 Å². The maximum atomic E-state index is 4.74. The topological polar surface area (TPSA) is 24.9 Å². The molecule has 1 aliphatic heterocycles. The fraction of sp³-hybridized carbons (Fsp3) is 0.308. The summed E-state index contributed by atoms with van der Waals surface area (Å²) in [7, 11) is 0. The van der Waals surface area contributed by atoms with Gasteiger partial charge in [0.1, 0.15) is 0 Å². The predicted molar refractivity (Wildman–Crippen MR) is 76.4 cm³/mol. The van der Waals surface area contributed by atoms with E-state index < -0.39 is 0 Å². The Morgan fingerprint density at radius 2 is 1.94 bits per heavy atom. The molecule has 0 aliphatic carbocycles. The SMILES string of the molecule is Cc1c2c(nc3ccccc13)CCNC2.Cl.Cl. The molecule has 0 unspecified atom stereocenters. The van der Waals surface area contributed by atoms with Gasteiger partial charge in [0.15, 0.2) is 0 Å². The summed E-state index contributed by atoms with van der Waals surface area (Å²) in [6.07, 6.45) is 1.06. The van der Waals surface area contributed by atoms with Crippen LogP contribution in [0.4, 0.5) is 0 Å². The Hall–Kier alpha value is -0.830. The number of para-hydroxylation sites is 1. The average molecular weight is 271 g/mol. The Kier molecular flexibility index (Phi) is 4.75. The van der Waals surface area contributed by atoms with Gasteiger partial charge in [0.25, 0.3) is 0 Å². The molecule has 0 saturated heterocycles. The van der Waals surface area contributed by atoms with Gasteiger partial charge in [0, 0.05) is 30.6 Å². The number of aryl methyl sites for hydroxylation is 1. The van der Waals surface area contributed by atoms with Crippen LogP contribution in [0.5, 0.6) is 0 Å². The summed E-state index contributed by atoms with van der Waals surface area (Å²) in [6.45, 7) is 4.23. The van der Waals surface area contributed by atoms with E-state index in [1.165, 1.54) is 22.2 Å². The number of hydrogen-bond acceptors (Lipinski definition) is 2. The van der Waals surface area contributed by atoms with Crippen molar-refractivity contribution in [2.45, 2.75) is 19.9 Å². The van der Waals surface area contributed by atoms with Crippen molar-refractivity contribution >= 4 is 35.7 Å². The molecule has 1 aromatic heterocycles. The predicted octanol–water partition coefficient (Wildman–Crippen LogP) is 3.03. The van der Waals surface area contributed by atoms with Gasteiger partial charge in [0.2, 0.25) is 0 Å². The molecular formula is C13H16Cl2N2. The molecule has 1 aliphatic rings. The highest BCUT2D eigenvalue weighted by Gasteiger charge is 2.14. The molecule has 3 rings (SSSR count). The van der Waals surface area contributed by atoms with E-state index >= 15 is 0 Å². The minimum absolute atomic E-state index is 0. The Bertz CT molecular complexity index is 526. The number of pyridine rings is 1. The van der Waals surface area contributed by atoms with E-state index in [1.54, 1.807) is 0 Å². The highest BCUT2D eigenvalue weighted by atomic mass is 35.5. The standard InChI is InChI=1S/C13H14N2.2ClH/c1-9-10-4-2-3-5-12(10)15-13-6-7-14-8-11(9)13;;/h2-5,14H,6-8H2,1H3;2*1H. The van der Waals surface area contributed by atoms with Crippen LogP contribution in [0.1, 0.15) is 16.8 Å². The molecule has 0 amide bonds. The molecule has 0 fully saturated rings. The lowest BCUT2D eigenvalue weighted by Crippen LogP contribution is -2.25. The third-order valence-corrected chi connectivity index (χ3v) is 3.20.